The number of carbonyl (C=O) groups is 3. The van der Waals surface area contributed by atoms with Gasteiger partial charge in [0.25, 0.3) is 11.8 Å². The highest BCUT2D eigenvalue weighted by molar-refractivity contribution is 9.10. The van der Waals surface area contributed by atoms with Crippen molar-refractivity contribution in [3.05, 3.63) is 136 Å². The standard InChI is InChI=1S/C36H26BrN3O4S/c1-2-44-35(43)25-13-17-28(18-14-25)39-31(23-9-5-3-6-10-23)22-26(32(39)24-11-7-4-8-12-24)21-30-33(41)38-36(45)40(34(30)42)29-19-15-27(37)16-20-29/h3-22H,2H2,1H3,(H,38,41,45)/b30-21+. The van der Waals surface area contributed by atoms with Crippen LogP contribution in [-0.2, 0) is 14.3 Å². The minimum atomic E-state index is -0.579. The highest BCUT2D eigenvalue weighted by Gasteiger charge is 2.35. The Labute approximate surface area is 273 Å². The lowest BCUT2D eigenvalue weighted by atomic mass is 10.0. The van der Waals surface area contributed by atoms with Gasteiger partial charge in [-0.15, -0.1) is 0 Å². The maximum absolute atomic E-state index is 13.9. The Morgan fingerprint density at radius 2 is 1.44 bits per heavy atom. The van der Waals surface area contributed by atoms with Gasteiger partial charge < -0.3 is 9.30 Å². The molecule has 45 heavy (non-hydrogen) atoms. The summed E-state index contributed by atoms with van der Waals surface area (Å²) in [6, 6.07) is 35.8. The lowest BCUT2D eigenvalue weighted by Crippen LogP contribution is -2.54. The number of thiocarbonyl (C=S) groups is 1. The summed E-state index contributed by atoms with van der Waals surface area (Å²) in [7, 11) is 0. The lowest BCUT2D eigenvalue weighted by molar-refractivity contribution is -0.122. The topological polar surface area (TPSA) is 80.6 Å². The summed E-state index contributed by atoms with van der Waals surface area (Å²) < 4.78 is 8.09. The zero-order chi connectivity index (χ0) is 31.5. The maximum Gasteiger partial charge on any atom is 0.338 e. The molecule has 1 aromatic heterocycles. The van der Waals surface area contributed by atoms with Crippen molar-refractivity contribution in [2.24, 2.45) is 0 Å². The normalized spacial score (nSPS) is 14.0. The SMILES string of the molecule is CCOC(=O)c1ccc(-n2c(-c3ccccc3)cc(/C=C3\C(=O)NC(=S)N(c4ccc(Br)cc4)C3=O)c2-c2ccccc2)cc1. The molecule has 6 rings (SSSR count). The molecule has 1 aliphatic heterocycles. The van der Waals surface area contributed by atoms with Crippen LogP contribution in [0.1, 0.15) is 22.8 Å². The molecule has 0 spiro atoms. The Balaban J connectivity index is 1.57. The molecule has 0 bridgehead atoms. The van der Waals surface area contributed by atoms with Crippen molar-refractivity contribution < 1.29 is 19.1 Å². The van der Waals surface area contributed by atoms with Gasteiger partial charge in [-0.2, -0.15) is 0 Å². The Bertz CT molecular complexity index is 1950. The monoisotopic (exact) mass is 675 g/mol. The predicted molar refractivity (Wildman–Crippen MR) is 183 cm³/mol. The molecule has 0 unspecified atom stereocenters. The maximum atomic E-state index is 13.9. The van der Waals surface area contributed by atoms with Gasteiger partial charge in [-0.25, -0.2) is 4.79 Å². The lowest BCUT2D eigenvalue weighted by Gasteiger charge is -2.29. The predicted octanol–water partition coefficient (Wildman–Crippen LogP) is 7.58. The summed E-state index contributed by atoms with van der Waals surface area (Å²) in [5.74, 6) is -1.51. The van der Waals surface area contributed by atoms with Crippen LogP contribution in [-0.4, -0.2) is 34.1 Å². The Morgan fingerprint density at radius 1 is 0.844 bits per heavy atom. The second kappa shape index (κ2) is 12.9. The Hall–Kier alpha value is -5.12. The number of carbonyl (C=O) groups excluding carboxylic acids is 3. The molecule has 4 aromatic carbocycles. The van der Waals surface area contributed by atoms with Gasteiger partial charge in [-0.05, 0) is 90.9 Å². The number of rotatable bonds is 7. The molecule has 1 saturated heterocycles. The van der Waals surface area contributed by atoms with Gasteiger partial charge in [-0.1, -0.05) is 76.6 Å². The van der Waals surface area contributed by atoms with Crippen molar-refractivity contribution in [1.82, 2.24) is 9.88 Å². The largest absolute Gasteiger partial charge is 0.462 e. The fourth-order valence-electron chi connectivity index (χ4n) is 5.22. The van der Waals surface area contributed by atoms with Crippen molar-refractivity contribution in [2.75, 3.05) is 11.5 Å². The molecule has 222 valence electrons. The van der Waals surface area contributed by atoms with Crippen molar-refractivity contribution in [3.8, 4) is 28.2 Å². The number of nitrogens with one attached hydrogen (secondary N) is 1. The average molecular weight is 677 g/mol. The summed E-state index contributed by atoms with van der Waals surface area (Å²) in [4.78, 5) is 41.0. The molecule has 2 heterocycles. The van der Waals surface area contributed by atoms with Crippen molar-refractivity contribution >= 4 is 62.8 Å². The van der Waals surface area contributed by atoms with E-state index in [0.717, 1.165) is 32.7 Å². The average Bonchev–Trinajstić information content (AvgIpc) is 3.44. The molecule has 0 saturated carbocycles. The molecule has 0 atom stereocenters. The first-order chi connectivity index (χ1) is 21.9. The molecular weight excluding hydrogens is 650 g/mol. The van der Waals surface area contributed by atoms with Crippen LogP contribution < -0.4 is 10.2 Å². The van der Waals surface area contributed by atoms with E-state index < -0.39 is 17.8 Å². The van der Waals surface area contributed by atoms with Crippen LogP contribution in [0.5, 0.6) is 0 Å². The van der Waals surface area contributed by atoms with E-state index in [-0.39, 0.29) is 17.3 Å². The minimum Gasteiger partial charge on any atom is -0.462 e. The zero-order valence-electron chi connectivity index (χ0n) is 24.1. The van der Waals surface area contributed by atoms with E-state index in [9.17, 15) is 14.4 Å². The number of hydrogen-bond donors (Lipinski definition) is 1. The van der Waals surface area contributed by atoms with Crippen LogP contribution in [0.4, 0.5) is 5.69 Å². The first-order valence-corrected chi connectivity index (χ1v) is 15.4. The number of amides is 2. The van der Waals surface area contributed by atoms with Gasteiger partial charge in [0.05, 0.1) is 29.2 Å². The summed E-state index contributed by atoms with van der Waals surface area (Å²) in [5.41, 5.74) is 5.72. The molecule has 0 aliphatic carbocycles. The summed E-state index contributed by atoms with van der Waals surface area (Å²) in [5, 5.41) is 2.69. The van der Waals surface area contributed by atoms with Crippen LogP contribution in [0.15, 0.2) is 125 Å². The highest BCUT2D eigenvalue weighted by Crippen LogP contribution is 2.38. The smallest absolute Gasteiger partial charge is 0.338 e. The summed E-state index contributed by atoms with van der Waals surface area (Å²) in [6.45, 7) is 2.05. The first-order valence-electron chi connectivity index (χ1n) is 14.2. The van der Waals surface area contributed by atoms with E-state index in [0.29, 0.717) is 16.8 Å². The molecule has 7 nitrogen and oxygen atoms in total. The van der Waals surface area contributed by atoms with E-state index in [1.807, 2.05) is 78.9 Å². The van der Waals surface area contributed by atoms with Crippen LogP contribution in [0.2, 0.25) is 0 Å². The van der Waals surface area contributed by atoms with E-state index in [1.165, 1.54) is 4.90 Å². The molecule has 0 radical (unpaired) electrons. The minimum absolute atomic E-state index is 0.0111. The quantitative estimate of drug-likeness (QED) is 0.0833. The fourth-order valence-corrected chi connectivity index (χ4v) is 5.77. The van der Waals surface area contributed by atoms with Crippen molar-refractivity contribution in [3.63, 3.8) is 0 Å². The third-order valence-corrected chi connectivity index (χ3v) is 8.08. The first kappa shape index (κ1) is 29.9. The molecule has 5 aromatic rings. The van der Waals surface area contributed by atoms with E-state index in [2.05, 4.69) is 25.8 Å². The van der Waals surface area contributed by atoms with E-state index in [4.69, 9.17) is 17.0 Å². The molecular formula is C36H26BrN3O4S. The van der Waals surface area contributed by atoms with Crippen LogP contribution >= 0.6 is 28.1 Å². The van der Waals surface area contributed by atoms with Gasteiger partial charge in [0, 0.05) is 15.7 Å². The van der Waals surface area contributed by atoms with Crippen LogP contribution in [0.3, 0.4) is 0 Å². The van der Waals surface area contributed by atoms with Gasteiger partial charge in [0.1, 0.15) is 5.57 Å². The second-order valence-electron chi connectivity index (χ2n) is 10.1. The van der Waals surface area contributed by atoms with Gasteiger partial charge in [0.15, 0.2) is 5.11 Å². The van der Waals surface area contributed by atoms with E-state index in [1.54, 1.807) is 49.4 Å². The number of nitrogens with zero attached hydrogens (tertiary/aromatic N) is 2. The fraction of sp³-hybridized carbons (Fsp3) is 0.0556. The number of halogens is 1. The van der Waals surface area contributed by atoms with Crippen LogP contribution in [0, 0.1) is 0 Å². The zero-order valence-corrected chi connectivity index (χ0v) is 26.5. The summed E-state index contributed by atoms with van der Waals surface area (Å²) >= 11 is 8.83. The third-order valence-electron chi connectivity index (χ3n) is 7.27. The Kier molecular flexibility index (Phi) is 8.55. The number of benzene rings is 4. The number of aromatic nitrogens is 1. The highest BCUT2D eigenvalue weighted by atomic mass is 79.9. The van der Waals surface area contributed by atoms with Crippen molar-refractivity contribution in [1.29, 1.82) is 0 Å². The molecule has 1 fully saturated rings. The molecule has 1 N–H and O–H groups in total. The van der Waals surface area contributed by atoms with Crippen LogP contribution in [0.25, 0.3) is 34.3 Å². The van der Waals surface area contributed by atoms with Gasteiger partial charge in [-0.3, -0.25) is 19.8 Å². The Morgan fingerprint density at radius 3 is 2.07 bits per heavy atom. The number of ether oxygens (including phenoxy) is 1. The van der Waals surface area contributed by atoms with E-state index >= 15 is 0 Å². The molecule has 9 heteroatoms. The van der Waals surface area contributed by atoms with Crippen molar-refractivity contribution in [2.45, 2.75) is 6.92 Å². The second-order valence-corrected chi connectivity index (χ2v) is 11.4. The number of anilines is 1. The third kappa shape index (κ3) is 6.00. The number of esters is 1. The summed E-state index contributed by atoms with van der Waals surface area (Å²) in [6.07, 6.45) is 1.61. The molecule has 2 amide bonds. The number of hydrogen-bond acceptors (Lipinski definition) is 5. The van der Waals surface area contributed by atoms with Gasteiger partial charge >= 0.3 is 5.97 Å². The molecule has 1 aliphatic rings. The van der Waals surface area contributed by atoms with Gasteiger partial charge in [0.2, 0.25) is 0 Å².